The summed E-state index contributed by atoms with van der Waals surface area (Å²) in [6.07, 6.45) is -0.917. The van der Waals surface area contributed by atoms with Crippen LogP contribution < -0.4 is 11.1 Å². The molecule has 0 aromatic heterocycles. The van der Waals surface area contributed by atoms with Gasteiger partial charge in [-0.2, -0.15) is 0 Å². The van der Waals surface area contributed by atoms with E-state index in [2.05, 4.69) is 5.32 Å². The summed E-state index contributed by atoms with van der Waals surface area (Å²) < 4.78 is 5.09. The fraction of sp³-hybridized carbons (Fsp3) is 0.429. The van der Waals surface area contributed by atoms with E-state index in [1.165, 1.54) is 13.0 Å². The van der Waals surface area contributed by atoms with E-state index in [9.17, 15) is 9.59 Å². The maximum atomic E-state index is 12.0. The van der Waals surface area contributed by atoms with Crippen LogP contribution in [0.4, 0.5) is 5.69 Å². The third-order valence-electron chi connectivity index (χ3n) is 2.40. The fourth-order valence-corrected chi connectivity index (χ4v) is 1.66. The lowest BCUT2D eigenvalue weighted by Gasteiger charge is -2.23. The van der Waals surface area contributed by atoms with Crippen molar-refractivity contribution < 1.29 is 14.3 Å². The number of benzene rings is 1. The summed E-state index contributed by atoms with van der Waals surface area (Å²) in [5.41, 5.74) is 5.64. The van der Waals surface area contributed by atoms with E-state index in [0.29, 0.717) is 0 Å². The number of hydrogen-bond donors (Lipinski definition) is 2. The molecule has 1 atom stereocenters. The first-order valence-electron chi connectivity index (χ1n) is 6.19. The molecule has 1 amide bonds. The summed E-state index contributed by atoms with van der Waals surface area (Å²) in [7, 11) is 0. The zero-order valence-electron chi connectivity index (χ0n) is 12.0. The molecule has 0 bridgehead atoms. The van der Waals surface area contributed by atoms with Gasteiger partial charge in [-0.25, -0.2) is 4.79 Å². The van der Waals surface area contributed by atoms with Crippen LogP contribution >= 0.6 is 11.6 Å². The molecule has 0 saturated heterocycles. The number of rotatable bonds is 3. The molecule has 1 aromatic carbocycles. The Labute approximate surface area is 123 Å². The van der Waals surface area contributed by atoms with E-state index in [0.717, 1.165) is 0 Å². The summed E-state index contributed by atoms with van der Waals surface area (Å²) in [5, 5.41) is 2.85. The van der Waals surface area contributed by atoms with Gasteiger partial charge in [0.2, 0.25) is 0 Å². The number of nitrogens with one attached hydrogen (secondary N) is 1. The molecule has 0 aliphatic rings. The van der Waals surface area contributed by atoms with Crippen molar-refractivity contribution >= 4 is 29.2 Å². The molecule has 0 heterocycles. The third kappa shape index (κ3) is 4.42. The van der Waals surface area contributed by atoms with Crippen molar-refractivity contribution in [1.29, 1.82) is 0 Å². The first kappa shape index (κ1) is 16.3. The average molecular weight is 299 g/mol. The molecule has 1 aromatic rings. The second kappa shape index (κ2) is 6.13. The molecule has 0 saturated carbocycles. The van der Waals surface area contributed by atoms with Gasteiger partial charge >= 0.3 is 5.97 Å². The molecule has 3 N–H and O–H groups in total. The van der Waals surface area contributed by atoms with Crippen molar-refractivity contribution in [2.45, 2.75) is 39.3 Å². The topological polar surface area (TPSA) is 81.4 Å². The van der Waals surface area contributed by atoms with Gasteiger partial charge in [0.25, 0.3) is 5.91 Å². The number of ether oxygens (including phenoxy) is 1. The number of carbonyl (C=O) groups excluding carboxylic acids is 2. The highest BCUT2D eigenvalue weighted by molar-refractivity contribution is 6.36. The van der Waals surface area contributed by atoms with Crippen LogP contribution in [0.1, 0.15) is 38.1 Å². The molecule has 0 aliphatic heterocycles. The molecule has 0 spiro atoms. The molecular formula is C14H19ClN2O3. The number of nitrogen functional groups attached to an aromatic ring is 1. The molecule has 0 aliphatic carbocycles. The Morgan fingerprint density at radius 2 is 1.95 bits per heavy atom. The van der Waals surface area contributed by atoms with E-state index in [1.54, 1.807) is 12.1 Å². The minimum Gasteiger partial charge on any atom is -0.449 e. The smallest absolute Gasteiger partial charge is 0.340 e. The summed E-state index contributed by atoms with van der Waals surface area (Å²) in [6, 6.07) is 4.67. The first-order valence-corrected chi connectivity index (χ1v) is 6.56. The number of anilines is 1. The van der Waals surface area contributed by atoms with Crippen LogP contribution in [0.15, 0.2) is 18.2 Å². The van der Waals surface area contributed by atoms with Crippen molar-refractivity contribution in [2.75, 3.05) is 5.73 Å². The maximum Gasteiger partial charge on any atom is 0.340 e. The Morgan fingerprint density at radius 3 is 2.50 bits per heavy atom. The first-order chi connectivity index (χ1) is 9.11. The molecule has 6 heteroatoms. The van der Waals surface area contributed by atoms with Gasteiger partial charge in [0.15, 0.2) is 6.10 Å². The minimum atomic E-state index is -0.917. The van der Waals surface area contributed by atoms with Crippen LogP contribution in [-0.2, 0) is 9.53 Å². The fourth-order valence-electron chi connectivity index (χ4n) is 1.46. The van der Waals surface area contributed by atoms with Gasteiger partial charge in [0, 0.05) is 5.54 Å². The lowest BCUT2D eigenvalue weighted by Crippen LogP contribution is -2.46. The quantitative estimate of drug-likeness (QED) is 0.663. The third-order valence-corrected chi connectivity index (χ3v) is 2.82. The summed E-state index contributed by atoms with van der Waals surface area (Å²) in [5.74, 6) is -1.05. The van der Waals surface area contributed by atoms with E-state index < -0.39 is 17.6 Å². The van der Waals surface area contributed by atoms with Crippen LogP contribution in [0.2, 0.25) is 5.02 Å². The number of halogens is 1. The van der Waals surface area contributed by atoms with E-state index in [1.807, 2.05) is 20.8 Å². The predicted molar refractivity (Wildman–Crippen MR) is 78.6 cm³/mol. The lowest BCUT2D eigenvalue weighted by atomic mass is 10.1. The van der Waals surface area contributed by atoms with Crippen molar-refractivity contribution in [1.82, 2.24) is 5.32 Å². The van der Waals surface area contributed by atoms with E-state index >= 15 is 0 Å². The number of amides is 1. The Morgan fingerprint density at radius 1 is 1.35 bits per heavy atom. The number of nitrogens with two attached hydrogens (primary N) is 1. The number of carbonyl (C=O) groups is 2. The van der Waals surface area contributed by atoms with Crippen molar-refractivity contribution in [3.8, 4) is 0 Å². The molecule has 20 heavy (non-hydrogen) atoms. The summed E-state index contributed by atoms with van der Waals surface area (Å²) in [4.78, 5) is 23.8. The van der Waals surface area contributed by atoms with Crippen molar-refractivity contribution in [3.05, 3.63) is 28.8 Å². The molecule has 0 fully saturated rings. The van der Waals surface area contributed by atoms with Crippen LogP contribution in [-0.4, -0.2) is 23.5 Å². The zero-order chi connectivity index (χ0) is 15.5. The lowest BCUT2D eigenvalue weighted by molar-refractivity contribution is -0.130. The Balaban J connectivity index is 2.76. The van der Waals surface area contributed by atoms with Gasteiger partial charge in [-0.15, -0.1) is 0 Å². The van der Waals surface area contributed by atoms with Gasteiger partial charge in [0.1, 0.15) is 0 Å². The van der Waals surface area contributed by atoms with Gasteiger partial charge in [-0.3, -0.25) is 4.79 Å². The van der Waals surface area contributed by atoms with E-state index in [-0.39, 0.29) is 22.2 Å². The standard InChI is InChI=1S/C14H19ClN2O3/c1-8(12(18)17-14(2,3)4)20-13(19)9-6-5-7-10(16)11(9)15/h5-8H,16H2,1-4H3,(H,17,18). The monoisotopic (exact) mass is 298 g/mol. The Hall–Kier alpha value is -1.75. The summed E-state index contributed by atoms with van der Waals surface area (Å²) >= 11 is 5.93. The second-order valence-corrected chi connectivity index (χ2v) is 5.87. The Bertz CT molecular complexity index is 524. The molecule has 0 radical (unpaired) electrons. The highest BCUT2D eigenvalue weighted by atomic mass is 35.5. The van der Waals surface area contributed by atoms with Crippen LogP contribution in [0.25, 0.3) is 0 Å². The van der Waals surface area contributed by atoms with Crippen LogP contribution in [0.3, 0.4) is 0 Å². The van der Waals surface area contributed by atoms with Crippen molar-refractivity contribution in [2.24, 2.45) is 0 Å². The number of esters is 1. The molecule has 110 valence electrons. The minimum absolute atomic E-state index is 0.126. The zero-order valence-corrected chi connectivity index (χ0v) is 12.7. The van der Waals surface area contributed by atoms with Gasteiger partial charge < -0.3 is 15.8 Å². The predicted octanol–water partition coefficient (Wildman–Crippen LogP) is 2.38. The maximum absolute atomic E-state index is 12.0. The average Bonchev–Trinajstić information content (AvgIpc) is 2.30. The van der Waals surface area contributed by atoms with E-state index in [4.69, 9.17) is 22.1 Å². The largest absolute Gasteiger partial charge is 0.449 e. The highest BCUT2D eigenvalue weighted by Gasteiger charge is 2.24. The summed E-state index contributed by atoms with van der Waals surface area (Å²) in [6.45, 7) is 7.02. The highest BCUT2D eigenvalue weighted by Crippen LogP contribution is 2.24. The molecular weight excluding hydrogens is 280 g/mol. The molecule has 1 unspecified atom stereocenters. The van der Waals surface area contributed by atoms with Gasteiger partial charge in [-0.05, 0) is 39.8 Å². The van der Waals surface area contributed by atoms with Gasteiger partial charge in [-0.1, -0.05) is 17.7 Å². The Kier molecular flexibility index (Phi) is 5.00. The second-order valence-electron chi connectivity index (χ2n) is 5.50. The van der Waals surface area contributed by atoms with Crippen LogP contribution in [0, 0.1) is 0 Å². The molecule has 5 nitrogen and oxygen atoms in total. The van der Waals surface area contributed by atoms with Crippen molar-refractivity contribution in [3.63, 3.8) is 0 Å². The van der Waals surface area contributed by atoms with Gasteiger partial charge in [0.05, 0.1) is 16.3 Å². The molecule has 1 rings (SSSR count). The normalized spacial score (nSPS) is 12.7. The van der Waals surface area contributed by atoms with Crippen LogP contribution in [0.5, 0.6) is 0 Å². The number of hydrogen-bond acceptors (Lipinski definition) is 4. The SMILES string of the molecule is CC(OC(=O)c1cccc(N)c1Cl)C(=O)NC(C)(C)C.